The lowest BCUT2D eigenvalue weighted by atomic mass is 10.1. The van der Waals surface area contributed by atoms with Crippen molar-refractivity contribution in [1.29, 1.82) is 0 Å². The van der Waals surface area contributed by atoms with Crippen LogP contribution in [0.25, 0.3) is 0 Å². The van der Waals surface area contributed by atoms with Crippen molar-refractivity contribution in [2.75, 3.05) is 14.1 Å². The fraction of sp³-hybridized carbons (Fsp3) is 0.250. The number of quaternary nitrogens is 1. The Morgan fingerprint density at radius 2 is 1.48 bits per heavy atom. The zero-order valence-corrected chi connectivity index (χ0v) is 15.3. The lowest BCUT2D eigenvalue weighted by molar-refractivity contribution is -0.872. The molecule has 7 heteroatoms. The van der Waals surface area contributed by atoms with Gasteiger partial charge >= 0.3 is 0 Å². The number of benzene rings is 2. The van der Waals surface area contributed by atoms with Gasteiger partial charge < -0.3 is 4.90 Å². The SMILES string of the molecule is C[NH+](C)Cc1ccc(CNS(=O)(=O)c2c(Cl)cccc2Cl)cc1. The van der Waals surface area contributed by atoms with Gasteiger partial charge in [0.25, 0.3) is 0 Å². The molecule has 0 atom stereocenters. The third-order valence-corrected chi connectivity index (χ3v) is 5.59. The van der Waals surface area contributed by atoms with E-state index in [0.29, 0.717) is 0 Å². The van der Waals surface area contributed by atoms with E-state index in [9.17, 15) is 8.42 Å². The first-order valence-corrected chi connectivity index (χ1v) is 9.34. The van der Waals surface area contributed by atoms with Crippen LogP contribution in [0.4, 0.5) is 0 Å². The Balaban J connectivity index is 2.10. The highest BCUT2D eigenvalue weighted by molar-refractivity contribution is 7.89. The minimum Gasteiger partial charge on any atom is -0.336 e. The molecule has 2 rings (SSSR count). The van der Waals surface area contributed by atoms with Crippen LogP contribution in [0.15, 0.2) is 47.4 Å². The van der Waals surface area contributed by atoms with E-state index >= 15 is 0 Å². The standard InChI is InChI=1S/C16H18Cl2N2O2S/c1-20(2)11-13-8-6-12(7-9-13)10-19-23(21,22)16-14(17)4-3-5-15(16)18/h3-9,19H,10-11H2,1-2H3/p+1. The molecule has 2 aromatic rings. The largest absolute Gasteiger partial charge is 0.336 e. The Hall–Kier alpha value is -1.11. The van der Waals surface area contributed by atoms with Gasteiger partial charge in [0.2, 0.25) is 10.0 Å². The number of hydrogen-bond acceptors (Lipinski definition) is 2. The molecular formula is C16H19Cl2N2O2S+. The zero-order valence-electron chi connectivity index (χ0n) is 12.9. The summed E-state index contributed by atoms with van der Waals surface area (Å²) in [6.07, 6.45) is 0. The molecule has 0 aliphatic heterocycles. The lowest BCUT2D eigenvalue weighted by Crippen LogP contribution is -3.04. The Kier molecular flexibility index (Phi) is 6.06. The molecule has 0 aromatic heterocycles. The van der Waals surface area contributed by atoms with Gasteiger partial charge in [-0.25, -0.2) is 13.1 Å². The summed E-state index contributed by atoms with van der Waals surface area (Å²) in [6, 6.07) is 12.4. The molecule has 2 N–H and O–H groups in total. The van der Waals surface area contributed by atoms with E-state index in [-0.39, 0.29) is 21.5 Å². The Morgan fingerprint density at radius 3 is 2.00 bits per heavy atom. The summed E-state index contributed by atoms with van der Waals surface area (Å²) in [5.41, 5.74) is 2.07. The fourth-order valence-electron chi connectivity index (χ4n) is 2.17. The van der Waals surface area contributed by atoms with Gasteiger partial charge in [0, 0.05) is 12.1 Å². The highest BCUT2D eigenvalue weighted by Crippen LogP contribution is 2.28. The summed E-state index contributed by atoms with van der Waals surface area (Å²) in [5, 5.41) is 0.212. The molecule has 4 nitrogen and oxygen atoms in total. The molecular weight excluding hydrogens is 355 g/mol. The molecule has 0 bridgehead atoms. The fourth-order valence-corrected chi connectivity index (χ4v) is 4.33. The molecule has 124 valence electrons. The van der Waals surface area contributed by atoms with Crippen LogP contribution in [-0.2, 0) is 23.1 Å². The monoisotopic (exact) mass is 373 g/mol. The quantitative estimate of drug-likeness (QED) is 0.814. The third kappa shape index (κ3) is 4.93. The molecule has 0 heterocycles. The summed E-state index contributed by atoms with van der Waals surface area (Å²) in [4.78, 5) is 1.24. The highest BCUT2D eigenvalue weighted by Gasteiger charge is 2.21. The first kappa shape index (κ1) is 18.2. The van der Waals surface area contributed by atoms with E-state index in [1.54, 1.807) is 6.07 Å². The van der Waals surface area contributed by atoms with Crippen LogP contribution >= 0.6 is 23.2 Å². The van der Waals surface area contributed by atoms with Crippen LogP contribution in [0, 0.1) is 0 Å². The van der Waals surface area contributed by atoms with E-state index in [1.807, 2.05) is 24.3 Å². The van der Waals surface area contributed by atoms with E-state index in [0.717, 1.165) is 12.1 Å². The number of halogens is 2. The second-order valence-electron chi connectivity index (χ2n) is 5.58. The van der Waals surface area contributed by atoms with Crippen molar-refractivity contribution in [2.45, 2.75) is 18.0 Å². The Morgan fingerprint density at radius 1 is 0.957 bits per heavy atom. The van der Waals surface area contributed by atoms with Crippen LogP contribution < -0.4 is 9.62 Å². The minimum absolute atomic E-state index is 0.0869. The van der Waals surface area contributed by atoms with Gasteiger partial charge in [0.05, 0.1) is 24.1 Å². The third-order valence-electron chi connectivity index (χ3n) is 3.23. The van der Waals surface area contributed by atoms with Crippen LogP contribution in [0.1, 0.15) is 11.1 Å². The van der Waals surface area contributed by atoms with Gasteiger partial charge in [0.1, 0.15) is 11.4 Å². The van der Waals surface area contributed by atoms with Crippen molar-refractivity contribution < 1.29 is 13.3 Å². The van der Waals surface area contributed by atoms with E-state index in [1.165, 1.54) is 22.6 Å². The van der Waals surface area contributed by atoms with E-state index in [4.69, 9.17) is 23.2 Å². The van der Waals surface area contributed by atoms with Crippen molar-refractivity contribution in [1.82, 2.24) is 4.72 Å². The molecule has 0 fully saturated rings. The highest BCUT2D eigenvalue weighted by atomic mass is 35.5. The van der Waals surface area contributed by atoms with Crippen molar-refractivity contribution in [3.8, 4) is 0 Å². The molecule has 0 aliphatic carbocycles. The average Bonchev–Trinajstić information content (AvgIpc) is 2.45. The maximum atomic E-state index is 12.4. The second kappa shape index (κ2) is 7.64. The van der Waals surface area contributed by atoms with E-state index < -0.39 is 10.0 Å². The summed E-state index contributed by atoms with van der Waals surface area (Å²) >= 11 is 11.9. The molecule has 0 spiro atoms. The Bertz CT molecular complexity index is 755. The molecule has 2 aromatic carbocycles. The van der Waals surface area contributed by atoms with Crippen LogP contribution in [0.2, 0.25) is 10.0 Å². The second-order valence-corrected chi connectivity index (χ2v) is 8.09. The first-order valence-electron chi connectivity index (χ1n) is 7.10. The Labute approximate surface area is 147 Å². The van der Waals surface area contributed by atoms with Gasteiger partial charge in [0.15, 0.2) is 0 Å². The van der Waals surface area contributed by atoms with Gasteiger partial charge in [-0.15, -0.1) is 0 Å². The molecule has 0 amide bonds. The molecule has 23 heavy (non-hydrogen) atoms. The topological polar surface area (TPSA) is 50.6 Å². The normalized spacial score (nSPS) is 11.9. The average molecular weight is 374 g/mol. The molecule has 0 saturated carbocycles. The van der Waals surface area contributed by atoms with Gasteiger partial charge in [-0.1, -0.05) is 53.5 Å². The number of hydrogen-bond donors (Lipinski definition) is 2. The molecule has 0 aliphatic rings. The van der Waals surface area contributed by atoms with Crippen LogP contribution in [-0.4, -0.2) is 22.5 Å². The first-order chi connectivity index (χ1) is 10.8. The minimum atomic E-state index is -3.77. The summed E-state index contributed by atoms with van der Waals surface area (Å²) in [6.45, 7) is 1.10. The maximum absolute atomic E-state index is 12.4. The van der Waals surface area contributed by atoms with Crippen molar-refractivity contribution in [3.63, 3.8) is 0 Å². The zero-order chi connectivity index (χ0) is 17.0. The predicted molar refractivity (Wildman–Crippen MR) is 93.4 cm³/mol. The number of nitrogens with one attached hydrogen (secondary N) is 2. The predicted octanol–water partition coefficient (Wildman–Crippen LogP) is 2.12. The molecule has 0 unspecified atom stereocenters. The molecule has 0 radical (unpaired) electrons. The van der Waals surface area contributed by atoms with Crippen LogP contribution in [0.5, 0.6) is 0 Å². The summed E-state index contributed by atoms with van der Waals surface area (Å²) in [5.74, 6) is 0. The molecule has 0 saturated heterocycles. The summed E-state index contributed by atoms with van der Waals surface area (Å²) < 4.78 is 27.3. The lowest BCUT2D eigenvalue weighted by Gasteiger charge is -2.11. The summed E-state index contributed by atoms with van der Waals surface area (Å²) in [7, 11) is 0.391. The number of rotatable bonds is 6. The van der Waals surface area contributed by atoms with Gasteiger partial charge in [-0.2, -0.15) is 0 Å². The number of sulfonamides is 1. The van der Waals surface area contributed by atoms with Gasteiger partial charge in [-0.3, -0.25) is 0 Å². The van der Waals surface area contributed by atoms with Gasteiger partial charge in [-0.05, 0) is 17.7 Å². The maximum Gasteiger partial charge on any atom is 0.243 e. The van der Waals surface area contributed by atoms with Crippen molar-refractivity contribution in [2.24, 2.45) is 0 Å². The van der Waals surface area contributed by atoms with E-state index in [2.05, 4.69) is 18.8 Å². The van der Waals surface area contributed by atoms with Crippen LogP contribution in [0.3, 0.4) is 0 Å². The van der Waals surface area contributed by atoms with Crippen molar-refractivity contribution >= 4 is 33.2 Å². The smallest absolute Gasteiger partial charge is 0.243 e. The van der Waals surface area contributed by atoms with Crippen molar-refractivity contribution in [3.05, 3.63) is 63.6 Å².